The van der Waals surface area contributed by atoms with E-state index in [4.69, 9.17) is 5.73 Å². The molecule has 3 nitrogen and oxygen atoms in total. The number of rotatable bonds is 2. The molecule has 2 atom stereocenters. The van der Waals surface area contributed by atoms with Gasteiger partial charge in [0, 0.05) is 24.0 Å². The first-order valence-electron chi connectivity index (χ1n) is 6.12. The van der Waals surface area contributed by atoms with Crippen molar-refractivity contribution in [1.29, 1.82) is 0 Å². The van der Waals surface area contributed by atoms with Crippen molar-refractivity contribution in [3.8, 4) is 0 Å². The van der Waals surface area contributed by atoms with Crippen molar-refractivity contribution < 1.29 is 0 Å². The number of hydrogen-bond acceptors (Lipinski definition) is 3. The van der Waals surface area contributed by atoms with Crippen LogP contribution in [0.25, 0.3) is 0 Å². The van der Waals surface area contributed by atoms with E-state index >= 15 is 0 Å². The zero-order valence-electron chi connectivity index (χ0n) is 10.2. The van der Waals surface area contributed by atoms with Crippen molar-refractivity contribution in [3.63, 3.8) is 0 Å². The predicted octanol–water partition coefficient (Wildman–Crippen LogP) is 2.69. The third-order valence-electron chi connectivity index (χ3n) is 3.99. The minimum Gasteiger partial charge on any atom is -0.324 e. The first kappa shape index (κ1) is 11.5. The summed E-state index contributed by atoms with van der Waals surface area (Å²) in [6.07, 6.45) is 10.4. The van der Waals surface area contributed by atoms with Crippen LogP contribution in [0.5, 0.6) is 0 Å². The van der Waals surface area contributed by atoms with Crippen molar-refractivity contribution in [3.05, 3.63) is 24.3 Å². The van der Waals surface area contributed by atoms with Gasteiger partial charge in [0.15, 0.2) is 0 Å². The largest absolute Gasteiger partial charge is 0.324 e. The molecule has 0 aromatic carbocycles. The van der Waals surface area contributed by atoms with Crippen LogP contribution < -0.4 is 5.73 Å². The van der Waals surface area contributed by atoms with Gasteiger partial charge in [0.1, 0.15) is 6.33 Å². The SMILES string of the molecule is CC1(C)CCCCC1C(N)c1cncnc1. The molecular formula is C13H21N3. The third kappa shape index (κ3) is 2.24. The van der Waals surface area contributed by atoms with Crippen molar-refractivity contribution in [2.24, 2.45) is 17.1 Å². The Bertz CT molecular complexity index is 334. The van der Waals surface area contributed by atoms with Crippen LogP contribution in [-0.4, -0.2) is 9.97 Å². The van der Waals surface area contributed by atoms with Gasteiger partial charge in [0.25, 0.3) is 0 Å². The highest BCUT2D eigenvalue weighted by molar-refractivity contribution is 5.11. The van der Waals surface area contributed by atoms with Crippen LogP contribution >= 0.6 is 0 Å². The van der Waals surface area contributed by atoms with Gasteiger partial charge in [0.05, 0.1) is 0 Å². The second-order valence-corrected chi connectivity index (χ2v) is 5.54. The van der Waals surface area contributed by atoms with E-state index in [9.17, 15) is 0 Å². The molecule has 0 aliphatic heterocycles. The van der Waals surface area contributed by atoms with Crippen LogP contribution in [0.1, 0.15) is 51.1 Å². The molecule has 0 bridgehead atoms. The van der Waals surface area contributed by atoms with Gasteiger partial charge in [-0.1, -0.05) is 26.7 Å². The summed E-state index contributed by atoms with van der Waals surface area (Å²) in [6.45, 7) is 4.67. The monoisotopic (exact) mass is 219 g/mol. The average Bonchev–Trinajstić information content (AvgIpc) is 2.29. The van der Waals surface area contributed by atoms with Gasteiger partial charge in [-0.3, -0.25) is 0 Å². The summed E-state index contributed by atoms with van der Waals surface area (Å²) < 4.78 is 0. The van der Waals surface area contributed by atoms with Gasteiger partial charge in [-0.2, -0.15) is 0 Å². The van der Waals surface area contributed by atoms with Gasteiger partial charge in [-0.25, -0.2) is 9.97 Å². The quantitative estimate of drug-likeness (QED) is 0.832. The zero-order valence-corrected chi connectivity index (χ0v) is 10.2. The van der Waals surface area contributed by atoms with Gasteiger partial charge in [-0.15, -0.1) is 0 Å². The molecule has 88 valence electrons. The first-order valence-corrected chi connectivity index (χ1v) is 6.12. The Hall–Kier alpha value is -0.960. The maximum Gasteiger partial charge on any atom is 0.115 e. The molecule has 0 amide bonds. The molecule has 0 radical (unpaired) electrons. The second-order valence-electron chi connectivity index (χ2n) is 5.54. The first-order chi connectivity index (χ1) is 7.61. The van der Waals surface area contributed by atoms with Gasteiger partial charge < -0.3 is 5.73 Å². The van der Waals surface area contributed by atoms with E-state index in [2.05, 4.69) is 23.8 Å². The highest BCUT2D eigenvalue weighted by Crippen LogP contribution is 2.45. The number of nitrogens with zero attached hydrogens (tertiary/aromatic N) is 2. The van der Waals surface area contributed by atoms with E-state index in [0.717, 1.165) is 5.56 Å². The average molecular weight is 219 g/mol. The molecule has 1 fully saturated rings. The lowest BCUT2D eigenvalue weighted by Crippen LogP contribution is -2.36. The topological polar surface area (TPSA) is 51.8 Å². The molecule has 1 aliphatic carbocycles. The second kappa shape index (κ2) is 4.50. The number of aromatic nitrogens is 2. The normalized spacial score (nSPS) is 26.3. The van der Waals surface area contributed by atoms with Crippen molar-refractivity contribution in [1.82, 2.24) is 9.97 Å². The van der Waals surface area contributed by atoms with Gasteiger partial charge in [0.2, 0.25) is 0 Å². The summed E-state index contributed by atoms with van der Waals surface area (Å²) in [5.41, 5.74) is 7.78. The van der Waals surface area contributed by atoms with E-state index in [1.165, 1.54) is 25.7 Å². The molecule has 16 heavy (non-hydrogen) atoms. The molecule has 0 spiro atoms. The molecule has 2 N–H and O–H groups in total. The molecule has 1 aliphatic rings. The molecular weight excluding hydrogens is 198 g/mol. The van der Waals surface area contributed by atoms with Gasteiger partial charge in [-0.05, 0) is 24.2 Å². The van der Waals surface area contributed by atoms with Crippen LogP contribution in [0, 0.1) is 11.3 Å². The molecule has 3 heteroatoms. The van der Waals surface area contributed by atoms with Crippen molar-refractivity contribution >= 4 is 0 Å². The van der Waals surface area contributed by atoms with E-state index < -0.39 is 0 Å². The van der Waals surface area contributed by atoms with Crippen LogP contribution in [0.15, 0.2) is 18.7 Å². The lowest BCUT2D eigenvalue weighted by molar-refractivity contribution is 0.112. The highest BCUT2D eigenvalue weighted by atomic mass is 14.8. The van der Waals surface area contributed by atoms with Crippen molar-refractivity contribution in [2.45, 2.75) is 45.6 Å². The summed E-state index contributed by atoms with van der Waals surface area (Å²) in [5, 5.41) is 0. The van der Waals surface area contributed by atoms with Crippen LogP contribution in [0.4, 0.5) is 0 Å². The summed E-state index contributed by atoms with van der Waals surface area (Å²) in [4.78, 5) is 8.11. The minimum atomic E-state index is 0.0801. The lowest BCUT2D eigenvalue weighted by atomic mass is 9.65. The highest BCUT2D eigenvalue weighted by Gasteiger charge is 2.36. The number of hydrogen-bond donors (Lipinski definition) is 1. The summed E-state index contributed by atoms with van der Waals surface area (Å²) in [5.74, 6) is 0.548. The van der Waals surface area contributed by atoms with E-state index in [1.807, 2.05) is 12.4 Å². The molecule has 2 unspecified atom stereocenters. The Labute approximate surface area is 97.5 Å². The lowest BCUT2D eigenvalue weighted by Gasteiger charge is -2.42. The third-order valence-corrected chi connectivity index (χ3v) is 3.99. The Morgan fingerprint density at radius 2 is 2.00 bits per heavy atom. The zero-order chi connectivity index (χ0) is 11.6. The maximum absolute atomic E-state index is 6.37. The minimum absolute atomic E-state index is 0.0801. The summed E-state index contributed by atoms with van der Waals surface area (Å²) in [6, 6.07) is 0.0801. The molecule has 0 saturated heterocycles. The van der Waals surface area contributed by atoms with E-state index in [-0.39, 0.29) is 6.04 Å². The van der Waals surface area contributed by atoms with Gasteiger partial charge >= 0.3 is 0 Å². The van der Waals surface area contributed by atoms with E-state index in [1.54, 1.807) is 6.33 Å². The standard InChI is InChI=1S/C13H21N3/c1-13(2)6-4-3-5-11(13)12(14)10-7-15-9-16-8-10/h7-9,11-12H,3-6,14H2,1-2H3. The molecule has 1 heterocycles. The number of nitrogens with two attached hydrogens (primary N) is 1. The van der Waals surface area contributed by atoms with Crippen LogP contribution in [0.2, 0.25) is 0 Å². The summed E-state index contributed by atoms with van der Waals surface area (Å²) in [7, 11) is 0. The maximum atomic E-state index is 6.37. The fraction of sp³-hybridized carbons (Fsp3) is 0.692. The smallest absolute Gasteiger partial charge is 0.115 e. The Morgan fingerprint density at radius 1 is 1.31 bits per heavy atom. The molecule has 1 aromatic rings. The predicted molar refractivity (Wildman–Crippen MR) is 64.7 cm³/mol. The van der Waals surface area contributed by atoms with Crippen molar-refractivity contribution in [2.75, 3.05) is 0 Å². The van der Waals surface area contributed by atoms with Crippen LogP contribution in [-0.2, 0) is 0 Å². The molecule has 1 saturated carbocycles. The molecule has 1 aromatic heterocycles. The Balaban J connectivity index is 2.17. The molecule has 2 rings (SSSR count). The Kier molecular flexibility index (Phi) is 3.24. The van der Waals surface area contributed by atoms with Crippen LogP contribution in [0.3, 0.4) is 0 Å². The fourth-order valence-electron chi connectivity index (χ4n) is 2.90. The Morgan fingerprint density at radius 3 is 2.62 bits per heavy atom. The van der Waals surface area contributed by atoms with E-state index in [0.29, 0.717) is 11.3 Å². The summed E-state index contributed by atoms with van der Waals surface area (Å²) >= 11 is 0. The fourth-order valence-corrected chi connectivity index (χ4v) is 2.90.